The van der Waals surface area contributed by atoms with E-state index in [0.717, 1.165) is 5.56 Å². The second kappa shape index (κ2) is 5.38. The fourth-order valence-electron chi connectivity index (χ4n) is 1.62. The van der Waals surface area contributed by atoms with Gasteiger partial charge in [0, 0.05) is 11.9 Å². The van der Waals surface area contributed by atoms with Crippen LogP contribution in [0.15, 0.2) is 41.4 Å². The molecule has 20 heavy (non-hydrogen) atoms. The van der Waals surface area contributed by atoms with Crippen molar-refractivity contribution < 1.29 is 13.2 Å². The Morgan fingerprint density at radius 1 is 1.25 bits per heavy atom. The first-order valence-corrected chi connectivity index (χ1v) is 7.29. The van der Waals surface area contributed by atoms with Gasteiger partial charge in [-0.2, -0.15) is 0 Å². The van der Waals surface area contributed by atoms with Crippen LogP contribution in [0.4, 0.5) is 11.5 Å². The first kappa shape index (κ1) is 14.1. The van der Waals surface area contributed by atoms with Gasteiger partial charge in [-0.3, -0.25) is 4.72 Å². The summed E-state index contributed by atoms with van der Waals surface area (Å²) in [5.74, 6) is 0.457. The maximum Gasteiger partial charge on any atom is 0.266 e. The molecule has 0 spiro atoms. The molecule has 0 saturated heterocycles. The molecule has 0 aliphatic rings. The van der Waals surface area contributed by atoms with Gasteiger partial charge in [-0.15, -0.1) is 0 Å². The molecule has 1 aromatic heterocycles. The summed E-state index contributed by atoms with van der Waals surface area (Å²) in [6.07, 6.45) is 1.58. The molecular weight excluding hydrogens is 278 g/mol. The standard InChI is InChI=1S/C13H15N3O3S/c1-9-3-6-13(15-8-9)16-20(17,18)12-7-10(14)4-5-11(12)19-2/h3-8H,14H2,1-2H3,(H,15,16). The zero-order chi connectivity index (χ0) is 14.8. The number of aryl methyl sites for hydroxylation is 1. The average molecular weight is 293 g/mol. The van der Waals surface area contributed by atoms with Crippen LogP contribution in [0, 0.1) is 6.92 Å². The Labute approximate surface area is 117 Å². The monoisotopic (exact) mass is 293 g/mol. The lowest BCUT2D eigenvalue weighted by Gasteiger charge is -2.11. The molecule has 2 aromatic rings. The quantitative estimate of drug-likeness (QED) is 0.838. The Bertz CT molecular complexity index is 712. The Hall–Kier alpha value is -2.28. The van der Waals surface area contributed by atoms with Crippen molar-refractivity contribution >= 4 is 21.5 Å². The second-order valence-electron chi connectivity index (χ2n) is 4.24. The molecule has 0 amide bonds. The van der Waals surface area contributed by atoms with E-state index in [-0.39, 0.29) is 16.5 Å². The van der Waals surface area contributed by atoms with Crippen molar-refractivity contribution in [2.45, 2.75) is 11.8 Å². The average Bonchev–Trinajstić information content (AvgIpc) is 2.41. The zero-order valence-corrected chi connectivity index (χ0v) is 11.9. The van der Waals surface area contributed by atoms with E-state index < -0.39 is 10.0 Å². The highest BCUT2D eigenvalue weighted by molar-refractivity contribution is 7.92. The number of nitrogen functional groups attached to an aromatic ring is 1. The first-order valence-electron chi connectivity index (χ1n) is 5.81. The summed E-state index contributed by atoms with van der Waals surface area (Å²) >= 11 is 0. The van der Waals surface area contributed by atoms with Crippen molar-refractivity contribution in [1.29, 1.82) is 0 Å². The number of anilines is 2. The predicted octanol–water partition coefficient (Wildman–Crippen LogP) is 1.78. The summed E-state index contributed by atoms with van der Waals surface area (Å²) in [6, 6.07) is 7.77. The number of nitrogens with one attached hydrogen (secondary N) is 1. The smallest absolute Gasteiger partial charge is 0.266 e. The fourth-order valence-corrected chi connectivity index (χ4v) is 2.84. The Balaban J connectivity index is 2.40. The lowest BCUT2D eigenvalue weighted by atomic mass is 10.3. The molecule has 0 fully saturated rings. The molecule has 0 saturated carbocycles. The van der Waals surface area contributed by atoms with Crippen LogP contribution in [-0.4, -0.2) is 20.5 Å². The van der Waals surface area contributed by atoms with Gasteiger partial charge in [0.05, 0.1) is 7.11 Å². The largest absolute Gasteiger partial charge is 0.495 e. The second-order valence-corrected chi connectivity index (χ2v) is 5.89. The van der Waals surface area contributed by atoms with Gasteiger partial charge in [0.25, 0.3) is 10.0 Å². The minimum Gasteiger partial charge on any atom is -0.495 e. The number of nitrogens with two attached hydrogens (primary N) is 1. The van der Waals surface area contributed by atoms with Crippen LogP contribution in [0.5, 0.6) is 5.75 Å². The molecule has 7 heteroatoms. The molecule has 2 rings (SSSR count). The number of pyridine rings is 1. The zero-order valence-electron chi connectivity index (χ0n) is 11.1. The van der Waals surface area contributed by atoms with E-state index >= 15 is 0 Å². The van der Waals surface area contributed by atoms with Crippen molar-refractivity contribution in [3.63, 3.8) is 0 Å². The van der Waals surface area contributed by atoms with Crippen LogP contribution >= 0.6 is 0 Å². The fraction of sp³-hybridized carbons (Fsp3) is 0.154. The minimum atomic E-state index is -3.81. The number of sulfonamides is 1. The molecule has 0 unspecified atom stereocenters. The van der Waals surface area contributed by atoms with E-state index in [1.165, 1.54) is 19.2 Å². The van der Waals surface area contributed by atoms with Crippen molar-refractivity contribution in [2.75, 3.05) is 17.6 Å². The summed E-state index contributed by atoms with van der Waals surface area (Å²) in [7, 11) is -2.41. The van der Waals surface area contributed by atoms with Crippen LogP contribution < -0.4 is 15.2 Å². The van der Waals surface area contributed by atoms with E-state index in [0.29, 0.717) is 5.69 Å². The molecule has 106 valence electrons. The Morgan fingerprint density at radius 2 is 2.00 bits per heavy atom. The van der Waals surface area contributed by atoms with Gasteiger partial charge in [-0.1, -0.05) is 6.07 Å². The van der Waals surface area contributed by atoms with Crippen LogP contribution in [0.25, 0.3) is 0 Å². The number of hydrogen-bond donors (Lipinski definition) is 2. The van der Waals surface area contributed by atoms with Crippen molar-refractivity contribution in [1.82, 2.24) is 4.98 Å². The van der Waals surface area contributed by atoms with Crippen LogP contribution in [0.2, 0.25) is 0 Å². The molecule has 3 N–H and O–H groups in total. The van der Waals surface area contributed by atoms with E-state index in [4.69, 9.17) is 10.5 Å². The summed E-state index contributed by atoms with van der Waals surface area (Å²) in [4.78, 5) is 3.98. The van der Waals surface area contributed by atoms with Crippen LogP contribution in [0.3, 0.4) is 0 Å². The molecule has 1 aromatic carbocycles. The van der Waals surface area contributed by atoms with Gasteiger partial charge < -0.3 is 10.5 Å². The third-order valence-corrected chi connectivity index (χ3v) is 4.00. The Morgan fingerprint density at radius 3 is 2.60 bits per heavy atom. The molecule has 0 aliphatic carbocycles. The lowest BCUT2D eigenvalue weighted by Crippen LogP contribution is -2.15. The van der Waals surface area contributed by atoms with E-state index in [2.05, 4.69) is 9.71 Å². The van der Waals surface area contributed by atoms with Gasteiger partial charge >= 0.3 is 0 Å². The highest BCUT2D eigenvalue weighted by atomic mass is 32.2. The predicted molar refractivity (Wildman–Crippen MR) is 77.2 cm³/mol. The van der Waals surface area contributed by atoms with Gasteiger partial charge in [0.2, 0.25) is 0 Å². The maximum absolute atomic E-state index is 12.3. The number of nitrogens with zero attached hydrogens (tertiary/aromatic N) is 1. The Kier molecular flexibility index (Phi) is 3.80. The lowest BCUT2D eigenvalue weighted by molar-refractivity contribution is 0.403. The molecule has 0 atom stereocenters. The van der Waals surface area contributed by atoms with Crippen LogP contribution in [0.1, 0.15) is 5.56 Å². The highest BCUT2D eigenvalue weighted by Crippen LogP contribution is 2.27. The normalized spacial score (nSPS) is 11.1. The number of aromatic nitrogens is 1. The molecule has 0 radical (unpaired) electrons. The molecule has 0 bridgehead atoms. The van der Waals surface area contributed by atoms with Crippen LogP contribution in [-0.2, 0) is 10.0 Å². The van der Waals surface area contributed by atoms with Gasteiger partial charge in [0.15, 0.2) is 0 Å². The topological polar surface area (TPSA) is 94.3 Å². The van der Waals surface area contributed by atoms with Gasteiger partial charge in [-0.05, 0) is 36.8 Å². The SMILES string of the molecule is COc1ccc(N)cc1S(=O)(=O)Nc1ccc(C)cn1. The molecule has 0 aliphatic heterocycles. The molecular formula is C13H15N3O3S. The highest BCUT2D eigenvalue weighted by Gasteiger charge is 2.20. The van der Waals surface area contributed by atoms with Gasteiger partial charge in [-0.25, -0.2) is 13.4 Å². The van der Waals surface area contributed by atoms with E-state index in [1.54, 1.807) is 24.4 Å². The van der Waals surface area contributed by atoms with Gasteiger partial charge in [0.1, 0.15) is 16.5 Å². The number of benzene rings is 1. The summed E-state index contributed by atoms with van der Waals surface area (Å²) in [6.45, 7) is 1.87. The van der Waals surface area contributed by atoms with Crippen molar-refractivity contribution in [3.8, 4) is 5.75 Å². The molecule has 6 nitrogen and oxygen atoms in total. The summed E-state index contributed by atoms with van der Waals surface area (Å²) in [5.41, 5.74) is 6.90. The number of methoxy groups -OCH3 is 1. The van der Waals surface area contributed by atoms with Crippen molar-refractivity contribution in [2.24, 2.45) is 0 Å². The number of rotatable bonds is 4. The van der Waals surface area contributed by atoms with E-state index in [1.807, 2.05) is 6.92 Å². The number of ether oxygens (including phenoxy) is 1. The molecule has 1 heterocycles. The summed E-state index contributed by atoms with van der Waals surface area (Å²) in [5, 5.41) is 0. The maximum atomic E-state index is 12.3. The first-order chi connectivity index (χ1) is 9.42. The minimum absolute atomic E-state index is 0.0256. The van der Waals surface area contributed by atoms with E-state index in [9.17, 15) is 8.42 Å². The van der Waals surface area contributed by atoms with Crippen molar-refractivity contribution in [3.05, 3.63) is 42.1 Å². The third-order valence-electron chi connectivity index (χ3n) is 2.63. The third kappa shape index (κ3) is 3.00. The summed E-state index contributed by atoms with van der Waals surface area (Å²) < 4.78 is 32.1. The number of hydrogen-bond acceptors (Lipinski definition) is 5.